The highest BCUT2D eigenvalue weighted by molar-refractivity contribution is 9.10. The van der Waals surface area contributed by atoms with E-state index in [1.807, 2.05) is 13.8 Å². The van der Waals surface area contributed by atoms with Gasteiger partial charge < -0.3 is 9.30 Å². The summed E-state index contributed by atoms with van der Waals surface area (Å²) in [5.41, 5.74) is -0.752. The van der Waals surface area contributed by atoms with Gasteiger partial charge in [-0.15, -0.1) is 0 Å². The topological polar surface area (TPSA) is 99.0 Å². The van der Waals surface area contributed by atoms with Crippen LogP contribution in [0.25, 0.3) is 11.2 Å². The van der Waals surface area contributed by atoms with Crippen LogP contribution in [0, 0.1) is 0 Å². The number of carbonyl (C=O) groups is 1. The Hall–Kier alpha value is -1.74. The summed E-state index contributed by atoms with van der Waals surface area (Å²) in [6, 6.07) is 0. The minimum absolute atomic E-state index is 0.0482. The van der Waals surface area contributed by atoms with Gasteiger partial charge in [0.25, 0.3) is 5.56 Å². The number of ether oxygens (including phenoxy) is 1. The van der Waals surface area contributed by atoms with Gasteiger partial charge in [0.05, 0.1) is 12.6 Å². The molecule has 0 aromatic carbocycles. The first-order chi connectivity index (χ1) is 9.81. The Bertz CT molecular complexity index is 802. The maximum absolute atomic E-state index is 11.9. The number of aryl methyl sites for hydroxylation is 1. The smallest absolute Gasteiger partial charge is 0.329 e. The van der Waals surface area contributed by atoms with Gasteiger partial charge in [-0.25, -0.2) is 9.78 Å². The van der Waals surface area contributed by atoms with Crippen LogP contribution in [0.5, 0.6) is 0 Å². The molecule has 0 unspecified atom stereocenters. The fraction of sp³-hybridized carbons (Fsp3) is 0.500. The summed E-state index contributed by atoms with van der Waals surface area (Å²) in [5, 5.41) is 0. The van der Waals surface area contributed by atoms with Crippen LogP contribution in [-0.2, 0) is 23.1 Å². The molecular weight excluding hydrogens is 344 g/mol. The molecule has 0 aliphatic rings. The fourth-order valence-electron chi connectivity index (χ4n) is 1.83. The van der Waals surface area contributed by atoms with E-state index < -0.39 is 11.2 Å². The van der Waals surface area contributed by atoms with Gasteiger partial charge in [-0.3, -0.25) is 19.1 Å². The molecule has 0 fully saturated rings. The second kappa shape index (κ2) is 5.94. The molecule has 2 heterocycles. The molecule has 2 aromatic heterocycles. The number of nitrogens with one attached hydrogen (secondary N) is 1. The molecule has 114 valence electrons. The van der Waals surface area contributed by atoms with Crippen molar-refractivity contribution < 1.29 is 9.53 Å². The van der Waals surface area contributed by atoms with Crippen LogP contribution in [0.2, 0.25) is 0 Å². The average molecular weight is 359 g/mol. The normalized spacial score (nSPS) is 11.5. The molecule has 0 saturated heterocycles. The van der Waals surface area contributed by atoms with Crippen LogP contribution >= 0.6 is 15.9 Å². The molecule has 0 radical (unpaired) electrons. The quantitative estimate of drug-likeness (QED) is 0.768. The lowest BCUT2D eigenvalue weighted by Gasteiger charge is -2.08. The molecule has 0 bridgehead atoms. The molecule has 21 heavy (non-hydrogen) atoms. The third kappa shape index (κ3) is 3.13. The number of fused-ring (bicyclic) bond motifs is 1. The lowest BCUT2D eigenvalue weighted by Crippen LogP contribution is -2.30. The first kappa shape index (κ1) is 15.6. The minimum Gasteiger partial charge on any atom is -0.371 e. The summed E-state index contributed by atoms with van der Waals surface area (Å²) in [6.45, 7) is 3.55. The predicted octanol–water partition coefficient (Wildman–Crippen LogP) is 0.180. The van der Waals surface area contributed by atoms with Gasteiger partial charge in [-0.2, -0.15) is 0 Å². The zero-order valence-corrected chi connectivity index (χ0v) is 13.4. The Morgan fingerprint density at radius 3 is 2.71 bits per heavy atom. The van der Waals surface area contributed by atoms with Crippen molar-refractivity contribution in [3.05, 3.63) is 25.6 Å². The SMILES string of the molecule is CC(C)OCC(=O)Cn1c(Br)nc2c1c(=O)[nH]c(=O)n2C. The first-order valence-electron chi connectivity index (χ1n) is 6.29. The van der Waals surface area contributed by atoms with Crippen LogP contribution in [0.4, 0.5) is 0 Å². The number of H-pyrrole nitrogens is 1. The third-order valence-corrected chi connectivity index (χ3v) is 3.48. The number of Topliss-reactive ketones (excluding diaryl/α,β-unsaturated/α-hetero) is 1. The highest BCUT2D eigenvalue weighted by Crippen LogP contribution is 2.15. The number of imidazole rings is 1. The number of ketones is 1. The largest absolute Gasteiger partial charge is 0.371 e. The summed E-state index contributed by atoms with van der Waals surface area (Å²) in [5.74, 6) is -0.197. The zero-order valence-electron chi connectivity index (χ0n) is 11.8. The van der Waals surface area contributed by atoms with Crippen molar-refractivity contribution in [1.82, 2.24) is 19.1 Å². The van der Waals surface area contributed by atoms with E-state index in [0.717, 1.165) is 0 Å². The van der Waals surface area contributed by atoms with E-state index in [0.29, 0.717) is 4.73 Å². The number of rotatable bonds is 5. The zero-order chi connectivity index (χ0) is 15.7. The predicted molar refractivity (Wildman–Crippen MR) is 79.4 cm³/mol. The van der Waals surface area contributed by atoms with E-state index in [4.69, 9.17) is 4.74 Å². The Kier molecular flexibility index (Phi) is 4.43. The molecule has 0 amide bonds. The lowest BCUT2D eigenvalue weighted by molar-refractivity contribution is -0.125. The maximum Gasteiger partial charge on any atom is 0.329 e. The van der Waals surface area contributed by atoms with Gasteiger partial charge in [0.15, 0.2) is 21.7 Å². The van der Waals surface area contributed by atoms with Crippen molar-refractivity contribution in [3.8, 4) is 0 Å². The molecule has 2 aromatic rings. The highest BCUT2D eigenvalue weighted by atomic mass is 79.9. The van der Waals surface area contributed by atoms with Gasteiger partial charge in [0.1, 0.15) is 6.61 Å². The molecule has 8 nitrogen and oxygen atoms in total. The molecule has 0 spiro atoms. The molecule has 0 aliphatic carbocycles. The second-order valence-corrected chi connectivity index (χ2v) is 5.57. The number of aromatic nitrogens is 4. The number of aromatic amines is 1. The Balaban J connectivity index is 2.43. The Morgan fingerprint density at radius 1 is 1.43 bits per heavy atom. The summed E-state index contributed by atoms with van der Waals surface area (Å²) < 4.78 is 8.18. The number of halogens is 1. The van der Waals surface area contributed by atoms with E-state index in [1.165, 1.54) is 16.2 Å². The third-order valence-electron chi connectivity index (χ3n) is 2.87. The van der Waals surface area contributed by atoms with Crippen LogP contribution in [-0.4, -0.2) is 37.6 Å². The van der Waals surface area contributed by atoms with Crippen LogP contribution < -0.4 is 11.2 Å². The highest BCUT2D eigenvalue weighted by Gasteiger charge is 2.17. The number of hydrogen-bond donors (Lipinski definition) is 1. The van der Waals surface area contributed by atoms with E-state index in [2.05, 4.69) is 25.9 Å². The van der Waals surface area contributed by atoms with Crippen LogP contribution in [0.1, 0.15) is 13.8 Å². The van der Waals surface area contributed by atoms with Gasteiger partial charge in [0.2, 0.25) is 0 Å². The number of carbonyl (C=O) groups excluding carboxylic acids is 1. The molecule has 2 rings (SSSR count). The molecule has 0 atom stereocenters. The monoisotopic (exact) mass is 358 g/mol. The van der Waals surface area contributed by atoms with Gasteiger partial charge in [-0.1, -0.05) is 0 Å². The summed E-state index contributed by atoms with van der Waals surface area (Å²) in [6.07, 6.45) is -0.0545. The van der Waals surface area contributed by atoms with Crippen molar-refractivity contribution in [2.75, 3.05) is 6.61 Å². The molecule has 9 heteroatoms. The van der Waals surface area contributed by atoms with Crippen LogP contribution in [0.3, 0.4) is 0 Å². The maximum atomic E-state index is 11.9. The van der Waals surface area contributed by atoms with Crippen molar-refractivity contribution in [2.45, 2.75) is 26.5 Å². The van der Waals surface area contributed by atoms with E-state index >= 15 is 0 Å². The first-order valence-corrected chi connectivity index (χ1v) is 7.09. The lowest BCUT2D eigenvalue weighted by atomic mass is 10.4. The summed E-state index contributed by atoms with van der Waals surface area (Å²) >= 11 is 3.20. The Labute approximate surface area is 127 Å². The summed E-state index contributed by atoms with van der Waals surface area (Å²) in [4.78, 5) is 41.7. The minimum atomic E-state index is -0.580. The molecule has 0 aliphatic heterocycles. The fourth-order valence-corrected chi connectivity index (χ4v) is 2.30. The van der Waals surface area contributed by atoms with Crippen molar-refractivity contribution in [3.63, 3.8) is 0 Å². The number of nitrogens with zero attached hydrogens (tertiary/aromatic N) is 3. The van der Waals surface area contributed by atoms with Gasteiger partial charge >= 0.3 is 5.69 Å². The molecule has 0 saturated carbocycles. The van der Waals surface area contributed by atoms with Crippen LogP contribution in [0.15, 0.2) is 14.3 Å². The molecule has 1 N–H and O–H groups in total. The van der Waals surface area contributed by atoms with E-state index in [-0.39, 0.29) is 36.2 Å². The van der Waals surface area contributed by atoms with Gasteiger partial charge in [-0.05, 0) is 29.8 Å². The molecular formula is C12H15BrN4O4. The summed E-state index contributed by atoms with van der Waals surface area (Å²) in [7, 11) is 1.49. The number of hydrogen-bond acceptors (Lipinski definition) is 5. The van der Waals surface area contributed by atoms with Gasteiger partial charge in [0, 0.05) is 7.05 Å². The van der Waals surface area contributed by atoms with Crippen molar-refractivity contribution in [2.24, 2.45) is 7.05 Å². The van der Waals surface area contributed by atoms with E-state index in [9.17, 15) is 14.4 Å². The Morgan fingerprint density at radius 2 is 2.10 bits per heavy atom. The average Bonchev–Trinajstić information content (AvgIpc) is 2.72. The second-order valence-electron chi connectivity index (χ2n) is 4.86. The van der Waals surface area contributed by atoms with Crippen molar-refractivity contribution >= 4 is 32.9 Å². The van der Waals surface area contributed by atoms with Crippen molar-refractivity contribution in [1.29, 1.82) is 0 Å². The van der Waals surface area contributed by atoms with E-state index in [1.54, 1.807) is 0 Å². The standard InChI is InChI=1S/C12H15BrN4O4/c1-6(2)21-5-7(18)4-17-8-9(14-11(17)13)16(3)12(20)15-10(8)19/h6H,4-5H2,1-3H3,(H,15,19,20).